The van der Waals surface area contributed by atoms with Gasteiger partial charge in [0.05, 0.1) is 5.56 Å². The lowest BCUT2D eigenvalue weighted by Gasteiger charge is -2.33. The molecule has 1 aromatic heterocycles. The summed E-state index contributed by atoms with van der Waals surface area (Å²) in [4.78, 5) is 18.4. The molecule has 1 saturated heterocycles. The zero-order valence-electron chi connectivity index (χ0n) is 13.4. The molecule has 0 radical (unpaired) electrons. The van der Waals surface area contributed by atoms with Crippen molar-refractivity contribution in [2.45, 2.75) is 25.7 Å². The van der Waals surface area contributed by atoms with Gasteiger partial charge in [-0.25, -0.2) is 8.78 Å². The number of hydrogen-bond acceptors (Lipinski definition) is 2. The highest BCUT2D eigenvalue weighted by atomic mass is 19.2. The monoisotopic (exact) mass is 330 g/mol. The van der Waals surface area contributed by atoms with E-state index in [0.717, 1.165) is 31.4 Å². The Morgan fingerprint density at radius 3 is 2.88 bits per heavy atom. The topological polar surface area (TPSA) is 33.2 Å². The van der Waals surface area contributed by atoms with Crippen LogP contribution in [-0.2, 0) is 6.42 Å². The van der Waals surface area contributed by atoms with Crippen LogP contribution < -0.4 is 0 Å². The summed E-state index contributed by atoms with van der Waals surface area (Å²) >= 11 is 0. The number of pyridine rings is 1. The minimum atomic E-state index is -0.815. The SMILES string of the molecule is O=C(c1cccnc1)N1CCC[C@@H](CCc2ccc(F)c(F)c2)C1. The van der Waals surface area contributed by atoms with E-state index in [0.29, 0.717) is 24.4 Å². The zero-order chi connectivity index (χ0) is 16.9. The lowest BCUT2D eigenvalue weighted by Crippen LogP contribution is -2.40. The van der Waals surface area contributed by atoms with Gasteiger partial charge in [-0.15, -0.1) is 0 Å². The fourth-order valence-corrected chi connectivity index (χ4v) is 3.22. The van der Waals surface area contributed by atoms with Crippen molar-refractivity contribution in [3.05, 3.63) is 65.5 Å². The minimum absolute atomic E-state index is 0.0145. The number of aryl methyl sites for hydroxylation is 1. The molecule has 0 bridgehead atoms. The van der Waals surface area contributed by atoms with Crippen LogP contribution in [-0.4, -0.2) is 28.9 Å². The van der Waals surface area contributed by atoms with E-state index in [1.54, 1.807) is 30.6 Å². The van der Waals surface area contributed by atoms with E-state index in [1.807, 2.05) is 4.90 Å². The fourth-order valence-electron chi connectivity index (χ4n) is 3.22. The molecule has 2 heterocycles. The second-order valence-electron chi connectivity index (χ2n) is 6.29. The van der Waals surface area contributed by atoms with Crippen molar-refractivity contribution < 1.29 is 13.6 Å². The number of benzene rings is 1. The predicted molar refractivity (Wildman–Crippen MR) is 87.5 cm³/mol. The summed E-state index contributed by atoms with van der Waals surface area (Å²) in [5.41, 5.74) is 1.41. The number of rotatable bonds is 4. The molecule has 3 rings (SSSR count). The Balaban J connectivity index is 1.57. The number of hydrogen-bond donors (Lipinski definition) is 0. The van der Waals surface area contributed by atoms with E-state index >= 15 is 0 Å². The van der Waals surface area contributed by atoms with Gasteiger partial charge in [0.25, 0.3) is 5.91 Å². The standard InChI is InChI=1S/C19H20F2N2O/c20-17-8-7-14(11-18(17)21)5-6-15-3-2-10-23(13-15)19(24)16-4-1-9-22-12-16/h1,4,7-9,11-12,15H,2-3,5-6,10,13H2/t15-/m0/s1. The van der Waals surface area contributed by atoms with Crippen molar-refractivity contribution in [2.75, 3.05) is 13.1 Å². The number of carbonyl (C=O) groups excluding carboxylic acids is 1. The van der Waals surface area contributed by atoms with Crippen LogP contribution in [0.1, 0.15) is 35.2 Å². The van der Waals surface area contributed by atoms with Crippen LogP contribution in [0.3, 0.4) is 0 Å². The Labute approximate surface area is 140 Å². The first-order chi connectivity index (χ1) is 11.6. The summed E-state index contributed by atoms with van der Waals surface area (Å²) < 4.78 is 26.2. The van der Waals surface area contributed by atoms with Gasteiger partial charge in [-0.1, -0.05) is 6.07 Å². The molecular formula is C19H20F2N2O. The molecule has 5 heteroatoms. The molecule has 1 aromatic carbocycles. The Morgan fingerprint density at radius 2 is 2.12 bits per heavy atom. The molecular weight excluding hydrogens is 310 g/mol. The van der Waals surface area contributed by atoms with E-state index in [4.69, 9.17) is 0 Å². The number of halogens is 2. The Kier molecular flexibility index (Phi) is 5.18. The van der Waals surface area contributed by atoms with Crippen molar-refractivity contribution in [3.8, 4) is 0 Å². The lowest BCUT2D eigenvalue weighted by atomic mass is 9.91. The smallest absolute Gasteiger partial charge is 0.255 e. The largest absolute Gasteiger partial charge is 0.338 e. The number of carbonyl (C=O) groups is 1. The summed E-state index contributed by atoms with van der Waals surface area (Å²) in [6.45, 7) is 1.47. The first-order valence-electron chi connectivity index (χ1n) is 8.26. The molecule has 3 nitrogen and oxygen atoms in total. The highest BCUT2D eigenvalue weighted by Crippen LogP contribution is 2.23. The second-order valence-corrected chi connectivity index (χ2v) is 6.29. The van der Waals surface area contributed by atoms with Crippen LogP contribution >= 0.6 is 0 Å². The molecule has 0 aliphatic carbocycles. The average Bonchev–Trinajstić information content (AvgIpc) is 2.63. The number of piperidine rings is 1. The van der Waals surface area contributed by atoms with Gasteiger partial charge < -0.3 is 4.90 Å². The summed E-state index contributed by atoms with van der Waals surface area (Å²) in [6, 6.07) is 7.60. The number of aromatic nitrogens is 1. The Morgan fingerprint density at radius 1 is 1.25 bits per heavy atom. The molecule has 0 unspecified atom stereocenters. The van der Waals surface area contributed by atoms with Gasteiger partial charge in [0.15, 0.2) is 11.6 Å². The van der Waals surface area contributed by atoms with Crippen molar-refractivity contribution in [2.24, 2.45) is 5.92 Å². The molecule has 1 aliphatic rings. The third-order valence-electron chi connectivity index (χ3n) is 4.54. The van der Waals surface area contributed by atoms with E-state index in [2.05, 4.69) is 4.98 Å². The summed E-state index contributed by atoms with van der Waals surface area (Å²) in [5, 5.41) is 0. The summed E-state index contributed by atoms with van der Waals surface area (Å²) in [6.07, 6.45) is 6.82. The summed E-state index contributed by atoms with van der Waals surface area (Å²) in [7, 11) is 0. The molecule has 0 spiro atoms. The van der Waals surface area contributed by atoms with Gasteiger partial charge in [-0.2, -0.15) is 0 Å². The van der Waals surface area contributed by atoms with Crippen molar-refractivity contribution >= 4 is 5.91 Å². The summed E-state index contributed by atoms with van der Waals surface area (Å²) in [5.74, 6) is -1.22. The average molecular weight is 330 g/mol. The first kappa shape index (κ1) is 16.6. The molecule has 0 saturated carbocycles. The Hall–Kier alpha value is -2.30. The molecule has 0 N–H and O–H groups in total. The van der Waals surface area contributed by atoms with Gasteiger partial charge in [0.2, 0.25) is 0 Å². The predicted octanol–water partition coefficient (Wildman–Crippen LogP) is 3.84. The maximum absolute atomic E-state index is 13.3. The maximum atomic E-state index is 13.3. The van der Waals surface area contributed by atoms with E-state index in [-0.39, 0.29) is 5.91 Å². The highest BCUT2D eigenvalue weighted by Gasteiger charge is 2.24. The van der Waals surface area contributed by atoms with E-state index in [9.17, 15) is 13.6 Å². The molecule has 1 atom stereocenters. The molecule has 126 valence electrons. The van der Waals surface area contributed by atoms with Gasteiger partial charge in [-0.3, -0.25) is 9.78 Å². The van der Waals surface area contributed by atoms with Crippen LogP contribution in [0.2, 0.25) is 0 Å². The van der Waals surface area contributed by atoms with E-state index < -0.39 is 11.6 Å². The van der Waals surface area contributed by atoms with Crippen molar-refractivity contribution in [1.29, 1.82) is 0 Å². The first-order valence-corrected chi connectivity index (χ1v) is 8.26. The van der Waals surface area contributed by atoms with Gasteiger partial charge in [0, 0.05) is 25.5 Å². The number of amides is 1. The van der Waals surface area contributed by atoms with Crippen molar-refractivity contribution in [1.82, 2.24) is 9.88 Å². The minimum Gasteiger partial charge on any atom is -0.338 e. The molecule has 1 aliphatic heterocycles. The molecule has 24 heavy (non-hydrogen) atoms. The van der Waals surface area contributed by atoms with Crippen LogP contribution in [0.25, 0.3) is 0 Å². The van der Waals surface area contributed by atoms with Crippen LogP contribution in [0.15, 0.2) is 42.7 Å². The van der Waals surface area contributed by atoms with E-state index in [1.165, 1.54) is 12.1 Å². The maximum Gasteiger partial charge on any atom is 0.255 e. The van der Waals surface area contributed by atoms with Crippen LogP contribution in [0, 0.1) is 17.6 Å². The number of likely N-dealkylation sites (tertiary alicyclic amines) is 1. The zero-order valence-corrected chi connectivity index (χ0v) is 13.4. The van der Waals surface area contributed by atoms with Gasteiger partial charge in [0.1, 0.15) is 0 Å². The highest BCUT2D eigenvalue weighted by molar-refractivity contribution is 5.93. The van der Waals surface area contributed by atoms with Crippen LogP contribution in [0.5, 0.6) is 0 Å². The Bertz CT molecular complexity index is 706. The number of nitrogens with zero attached hydrogens (tertiary/aromatic N) is 2. The lowest BCUT2D eigenvalue weighted by molar-refractivity contribution is 0.0668. The quantitative estimate of drug-likeness (QED) is 0.853. The second kappa shape index (κ2) is 7.51. The molecule has 1 amide bonds. The third-order valence-corrected chi connectivity index (χ3v) is 4.54. The molecule has 1 fully saturated rings. The third kappa shape index (κ3) is 3.96. The van der Waals surface area contributed by atoms with Gasteiger partial charge >= 0.3 is 0 Å². The molecule has 2 aromatic rings. The van der Waals surface area contributed by atoms with Crippen LogP contribution in [0.4, 0.5) is 8.78 Å². The van der Waals surface area contributed by atoms with Gasteiger partial charge in [-0.05, 0) is 61.4 Å². The normalized spacial score (nSPS) is 17.8. The van der Waals surface area contributed by atoms with Crippen molar-refractivity contribution in [3.63, 3.8) is 0 Å². The fraction of sp³-hybridized carbons (Fsp3) is 0.368.